The quantitative estimate of drug-likeness (QED) is 0.870. The van der Waals surface area contributed by atoms with Crippen molar-refractivity contribution in [1.29, 1.82) is 0 Å². The summed E-state index contributed by atoms with van der Waals surface area (Å²) in [5.41, 5.74) is 0. The molecular formula is C16H22ClN3O3. The zero-order valence-electron chi connectivity index (χ0n) is 12.9. The fourth-order valence-corrected chi connectivity index (χ4v) is 3.59. The standard InChI is InChI=1S/C16H22ClN3O3/c17-11-4-5-15(18-8-11)19-16(22)9-20-6-7-23-10-13(20)12-2-1-3-14(12)21/h4-5,8,12-14,21H,1-3,6-7,9-10H2,(H,18,19,22)/t12-,13+,14-/m0/s1. The maximum atomic E-state index is 12.3. The van der Waals surface area contributed by atoms with Crippen molar-refractivity contribution >= 4 is 23.3 Å². The molecule has 7 heteroatoms. The van der Waals surface area contributed by atoms with E-state index in [2.05, 4.69) is 15.2 Å². The van der Waals surface area contributed by atoms with E-state index in [1.807, 2.05) is 0 Å². The summed E-state index contributed by atoms with van der Waals surface area (Å²) in [6, 6.07) is 3.47. The van der Waals surface area contributed by atoms with Crippen molar-refractivity contribution in [3.8, 4) is 0 Å². The van der Waals surface area contributed by atoms with Crippen LogP contribution in [0, 0.1) is 5.92 Å². The summed E-state index contributed by atoms with van der Waals surface area (Å²) in [6.45, 7) is 2.18. The molecule has 23 heavy (non-hydrogen) atoms. The average Bonchev–Trinajstić information content (AvgIpc) is 2.96. The van der Waals surface area contributed by atoms with Gasteiger partial charge in [0.25, 0.3) is 0 Å². The highest BCUT2D eigenvalue weighted by atomic mass is 35.5. The van der Waals surface area contributed by atoms with E-state index in [1.54, 1.807) is 12.1 Å². The van der Waals surface area contributed by atoms with Crippen LogP contribution in [-0.4, -0.2) is 59.3 Å². The molecule has 1 aliphatic heterocycles. The number of halogens is 1. The van der Waals surface area contributed by atoms with Crippen LogP contribution < -0.4 is 5.32 Å². The summed E-state index contributed by atoms with van der Waals surface area (Å²) in [7, 11) is 0. The van der Waals surface area contributed by atoms with Gasteiger partial charge in [-0.3, -0.25) is 9.69 Å². The first-order valence-corrected chi connectivity index (χ1v) is 8.42. The van der Waals surface area contributed by atoms with Gasteiger partial charge in [0.15, 0.2) is 0 Å². The molecule has 0 unspecified atom stereocenters. The van der Waals surface area contributed by atoms with Crippen molar-refractivity contribution in [2.75, 3.05) is 31.6 Å². The Bertz CT molecular complexity index is 540. The van der Waals surface area contributed by atoms with Gasteiger partial charge < -0.3 is 15.2 Å². The predicted molar refractivity (Wildman–Crippen MR) is 87.4 cm³/mol. The minimum Gasteiger partial charge on any atom is -0.393 e. The van der Waals surface area contributed by atoms with Crippen LogP contribution in [0.15, 0.2) is 18.3 Å². The molecule has 3 rings (SSSR count). The maximum Gasteiger partial charge on any atom is 0.239 e. The molecule has 3 atom stereocenters. The second-order valence-electron chi connectivity index (χ2n) is 6.18. The van der Waals surface area contributed by atoms with Gasteiger partial charge in [-0.15, -0.1) is 0 Å². The SMILES string of the molecule is O=C(CN1CCOC[C@@H]1[C@@H]1CCC[C@@H]1O)Nc1ccc(Cl)cn1. The number of aliphatic hydroxyl groups is 1. The van der Waals surface area contributed by atoms with Crippen LogP contribution in [0.5, 0.6) is 0 Å². The lowest BCUT2D eigenvalue weighted by Gasteiger charge is -2.39. The normalized spacial score (nSPS) is 28.7. The van der Waals surface area contributed by atoms with E-state index in [9.17, 15) is 9.90 Å². The number of nitrogens with zero attached hydrogens (tertiary/aromatic N) is 2. The number of anilines is 1. The van der Waals surface area contributed by atoms with Crippen LogP contribution >= 0.6 is 11.6 Å². The Hall–Kier alpha value is -1.21. The average molecular weight is 340 g/mol. The topological polar surface area (TPSA) is 74.7 Å². The summed E-state index contributed by atoms with van der Waals surface area (Å²) in [4.78, 5) is 18.5. The van der Waals surface area contributed by atoms with Gasteiger partial charge in [-0.2, -0.15) is 0 Å². The lowest BCUT2D eigenvalue weighted by atomic mass is 9.94. The van der Waals surface area contributed by atoms with E-state index in [0.29, 0.717) is 30.6 Å². The zero-order chi connectivity index (χ0) is 16.2. The van der Waals surface area contributed by atoms with Crippen LogP contribution in [0.25, 0.3) is 0 Å². The number of hydrogen-bond acceptors (Lipinski definition) is 5. The number of aromatic nitrogens is 1. The Morgan fingerprint density at radius 2 is 2.35 bits per heavy atom. The van der Waals surface area contributed by atoms with Crippen LogP contribution in [-0.2, 0) is 9.53 Å². The highest BCUT2D eigenvalue weighted by Gasteiger charge is 2.38. The number of ether oxygens (including phenoxy) is 1. The van der Waals surface area contributed by atoms with E-state index in [0.717, 1.165) is 19.3 Å². The summed E-state index contributed by atoms with van der Waals surface area (Å²) >= 11 is 5.79. The number of nitrogens with one attached hydrogen (secondary N) is 1. The molecule has 2 N–H and O–H groups in total. The Morgan fingerprint density at radius 3 is 3.04 bits per heavy atom. The number of rotatable bonds is 4. The second kappa shape index (κ2) is 7.57. The Kier molecular flexibility index (Phi) is 5.48. The molecule has 1 saturated heterocycles. The van der Waals surface area contributed by atoms with Crippen molar-refractivity contribution in [2.45, 2.75) is 31.4 Å². The number of morpholine rings is 1. The molecule has 2 heterocycles. The van der Waals surface area contributed by atoms with Crippen LogP contribution in [0.1, 0.15) is 19.3 Å². The maximum absolute atomic E-state index is 12.3. The molecule has 126 valence electrons. The van der Waals surface area contributed by atoms with Crippen LogP contribution in [0.2, 0.25) is 5.02 Å². The summed E-state index contributed by atoms with van der Waals surface area (Å²) in [6.07, 6.45) is 4.09. The number of pyridine rings is 1. The fraction of sp³-hybridized carbons (Fsp3) is 0.625. The first-order valence-electron chi connectivity index (χ1n) is 8.05. The van der Waals surface area contributed by atoms with Gasteiger partial charge in [0.05, 0.1) is 30.9 Å². The molecule has 2 aliphatic rings. The van der Waals surface area contributed by atoms with Gasteiger partial charge in [0.1, 0.15) is 5.82 Å². The summed E-state index contributed by atoms with van der Waals surface area (Å²) in [5.74, 6) is 0.570. The van der Waals surface area contributed by atoms with Gasteiger partial charge in [0.2, 0.25) is 5.91 Å². The minimum atomic E-state index is -0.287. The van der Waals surface area contributed by atoms with Gasteiger partial charge in [-0.1, -0.05) is 18.0 Å². The molecule has 2 fully saturated rings. The molecule has 0 spiro atoms. The fourth-order valence-electron chi connectivity index (χ4n) is 3.48. The van der Waals surface area contributed by atoms with Gasteiger partial charge >= 0.3 is 0 Å². The van der Waals surface area contributed by atoms with E-state index in [4.69, 9.17) is 16.3 Å². The highest BCUT2D eigenvalue weighted by molar-refractivity contribution is 6.30. The van der Waals surface area contributed by atoms with Crippen molar-refractivity contribution < 1.29 is 14.6 Å². The first-order chi connectivity index (χ1) is 11.1. The summed E-state index contributed by atoms with van der Waals surface area (Å²) < 4.78 is 5.57. The number of aliphatic hydroxyl groups excluding tert-OH is 1. The number of carbonyl (C=O) groups excluding carboxylic acids is 1. The third kappa shape index (κ3) is 4.20. The largest absolute Gasteiger partial charge is 0.393 e. The Balaban J connectivity index is 1.60. The van der Waals surface area contributed by atoms with E-state index >= 15 is 0 Å². The zero-order valence-corrected chi connectivity index (χ0v) is 13.7. The minimum absolute atomic E-state index is 0.102. The van der Waals surface area contributed by atoms with Crippen molar-refractivity contribution in [3.63, 3.8) is 0 Å². The lowest BCUT2D eigenvalue weighted by Crippen LogP contribution is -2.53. The molecule has 0 radical (unpaired) electrons. The third-order valence-electron chi connectivity index (χ3n) is 4.65. The number of carbonyl (C=O) groups is 1. The second-order valence-corrected chi connectivity index (χ2v) is 6.62. The molecule has 0 bridgehead atoms. The highest BCUT2D eigenvalue weighted by Crippen LogP contribution is 2.32. The van der Waals surface area contributed by atoms with E-state index in [1.165, 1.54) is 6.20 Å². The molecule has 6 nitrogen and oxygen atoms in total. The molecular weight excluding hydrogens is 318 g/mol. The summed E-state index contributed by atoms with van der Waals surface area (Å²) in [5, 5.41) is 13.5. The van der Waals surface area contributed by atoms with Crippen molar-refractivity contribution in [1.82, 2.24) is 9.88 Å². The smallest absolute Gasteiger partial charge is 0.239 e. The van der Waals surface area contributed by atoms with Crippen molar-refractivity contribution in [3.05, 3.63) is 23.4 Å². The van der Waals surface area contributed by atoms with Crippen LogP contribution in [0.3, 0.4) is 0 Å². The number of amides is 1. The van der Waals surface area contributed by atoms with Gasteiger partial charge in [-0.05, 0) is 25.0 Å². The van der Waals surface area contributed by atoms with Gasteiger partial charge in [-0.25, -0.2) is 4.98 Å². The molecule has 1 amide bonds. The van der Waals surface area contributed by atoms with Crippen LogP contribution in [0.4, 0.5) is 5.82 Å². The monoisotopic (exact) mass is 339 g/mol. The Labute approximate surface area is 140 Å². The molecule has 1 aromatic rings. The predicted octanol–water partition coefficient (Wildman–Crippen LogP) is 1.54. The van der Waals surface area contributed by atoms with Gasteiger partial charge in [0, 0.05) is 24.7 Å². The Morgan fingerprint density at radius 1 is 1.48 bits per heavy atom. The van der Waals surface area contributed by atoms with Crippen molar-refractivity contribution in [2.24, 2.45) is 5.92 Å². The molecule has 1 saturated carbocycles. The van der Waals surface area contributed by atoms with E-state index < -0.39 is 0 Å². The molecule has 1 aliphatic carbocycles. The third-order valence-corrected chi connectivity index (χ3v) is 4.87. The lowest BCUT2D eigenvalue weighted by molar-refractivity contribution is -0.121. The molecule has 1 aromatic heterocycles. The molecule has 0 aromatic carbocycles. The van der Waals surface area contributed by atoms with E-state index in [-0.39, 0.29) is 30.5 Å². The first kappa shape index (κ1) is 16.6. The number of hydrogen-bond donors (Lipinski definition) is 2.